The van der Waals surface area contributed by atoms with E-state index in [2.05, 4.69) is 31.9 Å². The van der Waals surface area contributed by atoms with Crippen LogP contribution in [0.2, 0.25) is 0 Å². The Kier molecular flexibility index (Phi) is 11.4. The van der Waals surface area contributed by atoms with Crippen LogP contribution in [-0.4, -0.2) is 53.6 Å². The summed E-state index contributed by atoms with van der Waals surface area (Å²) in [6.07, 6.45) is 0. The number of allylic oxidation sites excluding steroid dienone is 2. The summed E-state index contributed by atoms with van der Waals surface area (Å²) in [5.74, 6) is -1.20. The Balaban J connectivity index is 2.29. The molecule has 8 nitrogen and oxygen atoms in total. The maximum Gasteiger partial charge on any atom is 0.346 e. The Bertz CT molecular complexity index is 785. The van der Waals surface area contributed by atoms with E-state index in [4.69, 9.17) is 29.0 Å². The van der Waals surface area contributed by atoms with Crippen molar-refractivity contribution in [3.63, 3.8) is 0 Å². The Morgan fingerprint density at radius 3 is 1.40 bits per heavy atom. The van der Waals surface area contributed by atoms with Gasteiger partial charge in [0, 0.05) is 9.81 Å². The number of hydrogen-bond acceptors (Lipinski definition) is 12. The third-order valence-electron chi connectivity index (χ3n) is 3.25. The van der Waals surface area contributed by atoms with Gasteiger partial charge in [-0.25, -0.2) is 29.1 Å². The minimum atomic E-state index is -0.601. The molecule has 166 valence electrons. The van der Waals surface area contributed by atoms with Gasteiger partial charge in [0.15, 0.2) is 0 Å². The van der Waals surface area contributed by atoms with E-state index in [1.807, 2.05) is 0 Å². The summed E-state index contributed by atoms with van der Waals surface area (Å²) in [6, 6.07) is 0. The molecule has 2 aliphatic heterocycles. The van der Waals surface area contributed by atoms with Crippen molar-refractivity contribution >= 4 is 90.8 Å². The standard InChI is InChI=1S/C16H16Br2O8S4/c1-21-13(19)11-12(14(20)22-2)30-16(29-11)10(18)9(17)15-27-7(5-25-23-3)8(28-15)6-26-24-4/h5-6H2,1-4H3. The van der Waals surface area contributed by atoms with Crippen molar-refractivity contribution < 1.29 is 38.6 Å². The molecule has 30 heavy (non-hydrogen) atoms. The number of esters is 2. The SMILES string of the molecule is COOCC1=C(COOC)SC(=C(Br)C(Br)=C2SC(C(=O)OC)=C(C(=O)OC)S2)S1. The smallest absolute Gasteiger partial charge is 0.346 e. The first kappa shape index (κ1) is 26.4. The Morgan fingerprint density at radius 1 is 0.700 bits per heavy atom. The highest BCUT2D eigenvalue weighted by Gasteiger charge is 2.35. The second-order valence-electron chi connectivity index (χ2n) is 4.96. The van der Waals surface area contributed by atoms with Gasteiger partial charge in [-0.2, -0.15) is 0 Å². The van der Waals surface area contributed by atoms with Crippen molar-refractivity contribution in [2.24, 2.45) is 0 Å². The number of ether oxygens (including phenoxy) is 2. The van der Waals surface area contributed by atoms with Crippen molar-refractivity contribution in [1.82, 2.24) is 0 Å². The molecule has 0 saturated heterocycles. The van der Waals surface area contributed by atoms with Gasteiger partial charge in [0.2, 0.25) is 0 Å². The topological polar surface area (TPSA) is 89.5 Å². The quantitative estimate of drug-likeness (QED) is 0.197. The van der Waals surface area contributed by atoms with Crippen LogP contribution in [0.25, 0.3) is 0 Å². The van der Waals surface area contributed by atoms with Gasteiger partial charge in [0.05, 0.1) is 45.9 Å². The van der Waals surface area contributed by atoms with Gasteiger partial charge in [-0.05, 0) is 31.9 Å². The van der Waals surface area contributed by atoms with Crippen molar-refractivity contribution in [2.45, 2.75) is 0 Å². The molecular weight excluding hydrogens is 608 g/mol. The summed E-state index contributed by atoms with van der Waals surface area (Å²) in [6.45, 7) is 0.497. The molecule has 2 aliphatic rings. The zero-order chi connectivity index (χ0) is 22.3. The average molecular weight is 624 g/mol. The fourth-order valence-corrected chi connectivity index (χ4v) is 8.57. The second-order valence-corrected chi connectivity index (χ2v) is 11.3. The number of carbonyl (C=O) groups excluding carboxylic acids is 2. The summed E-state index contributed by atoms with van der Waals surface area (Å²) >= 11 is 12.4. The minimum Gasteiger partial charge on any atom is -0.465 e. The van der Waals surface area contributed by atoms with E-state index < -0.39 is 11.9 Å². The van der Waals surface area contributed by atoms with E-state index in [-0.39, 0.29) is 23.0 Å². The van der Waals surface area contributed by atoms with Crippen LogP contribution in [0.5, 0.6) is 0 Å². The zero-order valence-electron chi connectivity index (χ0n) is 16.1. The molecule has 0 bridgehead atoms. The van der Waals surface area contributed by atoms with Crippen LogP contribution < -0.4 is 0 Å². The fourth-order valence-electron chi connectivity index (χ4n) is 1.91. The Hall–Kier alpha value is 0.1000. The number of rotatable bonds is 9. The molecule has 2 rings (SSSR count). The normalized spacial score (nSPS) is 16.5. The largest absolute Gasteiger partial charge is 0.465 e. The van der Waals surface area contributed by atoms with E-state index in [9.17, 15) is 9.59 Å². The molecule has 0 spiro atoms. The highest BCUT2D eigenvalue weighted by molar-refractivity contribution is 9.15. The first-order valence-corrected chi connectivity index (χ1v) is 12.7. The van der Waals surface area contributed by atoms with Gasteiger partial charge in [-0.3, -0.25) is 0 Å². The predicted octanol–water partition coefficient (Wildman–Crippen LogP) is 5.00. The number of hydrogen-bond donors (Lipinski definition) is 0. The van der Waals surface area contributed by atoms with Crippen LogP contribution in [-0.2, 0) is 38.6 Å². The zero-order valence-corrected chi connectivity index (χ0v) is 22.5. The maximum absolute atomic E-state index is 12.1. The number of carbonyl (C=O) groups is 2. The molecule has 0 unspecified atom stereocenters. The molecule has 0 aromatic heterocycles. The molecule has 0 amide bonds. The summed E-state index contributed by atoms with van der Waals surface area (Å²) < 4.78 is 12.6. The van der Waals surface area contributed by atoms with Gasteiger partial charge in [-0.1, -0.05) is 47.0 Å². The highest BCUT2D eigenvalue weighted by atomic mass is 79.9. The minimum absolute atomic E-state index is 0.180. The molecule has 0 atom stereocenters. The summed E-state index contributed by atoms with van der Waals surface area (Å²) in [5, 5.41) is 0. The summed E-state index contributed by atoms with van der Waals surface area (Å²) in [5.41, 5.74) is 0. The summed E-state index contributed by atoms with van der Waals surface area (Å²) in [4.78, 5) is 45.8. The highest BCUT2D eigenvalue weighted by Crippen LogP contribution is 2.57. The van der Waals surface area contributed by atoms with E-state index in [0.29, 0.717) is 8.72 Å². The molecule has 14 heteroatoms. The first-order valence-electron chi connectivity index (χ1n) is 7.83. The van der Waals surface area contributed by atoms with Gasteiger partial charge in [0.1, 0.15) is 23.0 Å². The number of thioether (sulfide) groups is 4. The van der Waals surface area contributed by atoms with Crippen LogP contribution >= 0.6 is 78.9 Å². The third kappa shape index (κ3) is 6.56. The van der Waals surface area contributed by atoms with Crippen molar-refractivity contribution in [1.29, 1.82) is 0 Å². The van der Waals surface area contributed by atoms with Crippen LogP contribution in [0.4, 0.5) is 0 Å². The molecule has 2 heterocycles. The summed E-state index contributed by atoms with van der Waals surface area (Å²) in [7, 11) is 5.39. The van der Waals surface area contributed by atoms with Crippen LogP contribution in [0, 0.1) is 0 Å². The molecule has 0 radical (unpaired) electrons. The molecule has 0 saturated carbocycles. The fraction of sp³-hybridized carbons (Fsp3) is 0.375. The van der Waals surface area contributed by atoms with E-state index in [0.717, 1.165) is 42.1 Å². The lowest BCUT2D eigenvalue weighted by atomic mass is 10.5. The molecule has 0 N–H and O–H groups in total. The van der Waals surface area contributed by atoms with Gasteiger partial charge in [0.25, 0.3) is 0 Å². The monoisotopic (exact) mass is 622 g/mol. The van der Waals surface area contributed by atoms with Gasteiger partial charge < -0.3 is 9.47 Å². The lowest BCUT2D eigenvalue weighted by Crippen LogP contribution is -2.08. The van der Waals surface area contributed by atoms with E-state index in [1.54, 1.807) is 0 Å². The van der Waals surface area contributed by atoms with Gasteiger partial charge >= 0.3 is 11.9 Å². The van der Waals surface area contributed by atoms with Crippen molar-refractivity contribution in [3.8, 4) is 0 Å². The first-order chi connectivity index (χ1) is 14.4. The van der Waals surface area contributed by atoms with E-state index in [1.165, 1.54) is 52.0 Å². The molecule has 0 aliphatic carbocycles. The number of halogens is 2. The van der Waals surface area contributed by atoms with Crippen molar-refractivity contribution in [2.75, 3.05) is 41.7 Å². The van der Waals surface area contributed by atoms with Gasteiger partial charge in [-0.15, -0.1) is 0 Å². The average Bonchev–Trinajstić information content (AvgIpc) is 3.38. The Labute approximate surface area is 207 Å². The van der Waals surface area contributed by atoms with E-state index >= 15 is 0 Å². The predicted molar refractivity (Wildman–Crippen MR) is 126 cm³/mol. The molecule has 0 aromatic rings. The van der Waals surface area contributed by atoms with Crippen LogP contribution in [0.1, 0.15) is 0 Å². The second kappa shape index (κ2) is 13.0. The number of methoxy groups -OCH3 is 2. The third-order valence-corrected chi connectivity index (χ3v) is 11.6. The molecule has 0 fully saturated rings. The lowest BCUT2D eigenvalue weighted by molar-refractivity contribution is -0.267. The molecular formula is C16H16Br2O8S4. The van der Waals surface area contributed by atoms with Crippen LogP contribution in [0.15, 0.2) is 37.1 Å². The maximum atomic E-state index is 12.1. The lowest BCUT2D eigenvalue weighted by Gasteiger charge is -2.07. The Morgan fingerprint density at radius 2 is 1.07 bits per heavy atom. The molecule has 0 aromatic carbocycles. The van der Waals surface area contributed by atoms with Crippen molar-refractivity contribution in [3.05, 3.63) is 37.1 Å². The van der Waals surface area contributed by atoms with Crippen LogP contribution in [0.3, 0.4) is 0 Å².